The van der Waals surface area contributed by atoms with E-state index < -0.39 is 10.0 Å². The lowest BCUT2D eigenvalue weighted by Gasteiger charge is -2.05. The molecule has 3 rings (SSSR count). The third-order valence-corrected chi connectivity index (χ3v) is 5.54. The molecule has 1 N–H and O–H groups in total. The fraction of sp³-hybridized carbons (Fsp3) is 0.118. The third kappa shape index (κ3) is 4.44. The molecule has 0 unspecified atom stereocenters. The maximum atomic E-state index is 12.4. The molecule has 9 heteroatoms. The molecule has 134 valence electrons. The Hall–Kier alpha value is -2.78. The number of carbonyl (C=O) groups is 1. The molecule has 0 fully saturated rings. The number of aromatic nitrogens is 2. The molecule has 0 atom stereocenters. The average molecular weight is 388 g/mol. The van der Waals surface area contributed by atoms with E-state index in [1.807, 2.05) is 13.0 Å². The molecule has 0 bridgehead atoms. The molecule has 0 spiro atoms. The third-order valence-electron chi connectivity index (χ3n) is 3.43. The van der Waals surface area contributed by atoms with Gasteiger partial charge in [0, 0.05) is 5.69 Å². The number of para-hydroxylation sites is 1. The first-order valence-corrected chi connectivity index (χ1v) is 9.99. The summed E-state index contributed by atoms with van der Waals surface area (Å²) in [7, 11) is -3.87. The molecule has 0 aliphatic carbocycles. The van der Waals surface area contributed by atoms with Crippen molar-refractivity contribution in [1.29, 1.82) is 0 Å². The van der Waals surface area contributed by atoms with Gasteiger partial charge in [-0.2, -0.15) is 13.5 Å². The highest BCUT2D eigenvalue weighted by molar-refractivity contribution is 7.90. The number of nitrogens with one attached hydrogen (secondary N) is 1. The maximum absolute atomic E-state index is 12.4. The van der Waals surface area contributed by atoms with Gasteiger partial charge < -0.3 is 5.32 Å². The molecule has 1 amide bonds. The summed E-state index contributed by atoms with van der Waals surface area (Å²) in [5, 5.41) is 6.73. The minimum absolute atomic E-state index is 0.0942. The van der Waals surface area contributed by atoms with Crippen LogP contribution in [0.4, 0.5) is 5.69 Å². The fourth-order valence-corrected chi connectivity index (χ4v) is 3.98. The van der Waals surface area contributed by atoms with E-state index in [1.165, 1.54) is 22.3 Å². The molecule has 0 aliphatic heterocycles. The Morgan fingerprint density at radius 1 is 1.15 bits per heavy atom. The lowest BCUT2D eigenvalue weighted by molar-refractivity contribution is -0.117. The number of anilines is 1. The molecular formula is C17H16N4O3S2. The van der Waals surface area contributed by atoms with Crippen molar-refractivity contribution in [2.24, 2.45) is 4.40 Å². The summed E-state index contributed by atoms with van der Waals surface area (Å²) in [5.74, 6) is -0.323. The number of amides is 1. The summed E-state index contributed by atoms with van der Waals surface area (Å²) in [6.07, 6.45) is 0. The SMILES string of the molecule is Cc1ccc(S(=O)(=O)N=c2scnn2CC(=O)Nc2ccccc2)cc1. The molecule has 3 aromatic rings. The van der Waals surface area contributed by atoms with Crippen molar-refractivity contribution in [3.05, 3.63) is 70.5 Å². The second kappa shape index (κ2) is 7.63. The summed E-state index contributed by atoms with van der Waals surface area (Å²) < 4.78 is 30.0. The van der Waals surface area contributed by atoms with Crippen molar-refractivity contribution in [3.63, 3.8) is 0 Å². The monoisotopic (exact) mass is 388 g/mol. The number of carbonyl (C=O) groups excluding carboxylic acids is 1. The zero-order valence-corrected chi connectivity index (χ0v) is 15.5. The van der Waals surface area contributed by atoms with Crippen LogP contribution in [0.2, 0.25) is 0 Å². The Morgan fingerprint density at radius 2 is 1.85 bits per heavy atom. The first-order chi connectivity index (χ1) is 12.4. The highest BCUT2D eigenvalue weighted by Gasteiger charge is 2.14. The van der Waals surface area contributed by atoms with Gasteiger partial charge in [-0.15, -0.1) is 4.40 Å². The van der Waals surface area contributed by atoms with Crippen molar-refractivity contribution in [2.45, 2.75) is 18.4 Å². The Balaban J connectivity index is 1.82. The van der Waals surface area contributed by atoms with Crippen LogP contribution in [-0.2, 0) is 21.4 Å². The molecule has 2 aromatic carbocycles. The average Bonchev–Trinajstić information content (AvgIpc) is 3.02. The summed E-state index contributed by atoms with van der Waals surface area (Å²) >= 11 is 1.05. The maximum Gasteiger partial charge on any atom is 0.285 e. The highest BCUT2D eigenvalue weighted by atomic mass is 32.2. The summed E-state index contributed by atoms with van der Waals surface area (Å²) in [6.45, 7) is 1.73. The minimum atomic E-state index is -3.87. The molecule has 1 aromatic heterocycles. The van der Waals surface area contributed by atoms with Crippen LogP contribution in [0, 0.1) is 6.92 Å². The zero-order chi connectivity index (χ0) is 18.6. The minimum Gasteiger partial charge on any atom is -0.324 e. The van der Waals surface area contributed by atoms with E-state index in [-0.39, 0.29) is 22.1 Å². The zero-order valence-electron chi connectivity index (χ0n) is 13.9. The van der Waals surface area contributed by atoms with Crippen LogP contribution < -0.4 is 10.1 Å². The lowest BCUT2D eigenvalue weighted by atomic mass is 10.2. The van der Waals surface area contributed by atoms with Crippen molar-refractivity contribution in [3.8, 4) is 0 Å². The predicted molar refractivity (Wildman–Crippen MR) is 99.1 cm³/mol. The highest BCUT2D eigenvalue weighted by Crippen LogP contribution is 2.12. The van der Waals surface area contributed by atoms with E-state index >= 15 is 0 Å². The molecule has 26 heavy (non-hydrogen) atoms. The number of aryl methyl sites for hydroxylation is 1. The quantitative estimate of drug-likeness (QED) is 0.725. The van der Waals surface area contributed by atoms with Crippen molar-refractivity contribution in [2.75, 3.05) is 5.32 Å². The molecule has 0 aliphatic rings. The molecular weight excluding hydrogens is 372 g/mol. The fourth-order valence-electron chi connectivity index (χ4n) is 2.14. The Morgan fingerprint density at radius 3 is 2.54 bits per heavy atom. The Labute approximate surface area is 154 Å². The van der Waals surface area contributed by atoms with E-state index in [4.69, 9.17) is 0 Å². The Bertz CT molecular complexity index is 1070. The number of hydrogen-bond acceptors (Lipinski definition) is 5. The second-order valence-corrected chi connectivity index (χ2v) is 7.89. The first-order valence-electron chi connectivity index (χ1n) is 7.67. The van der Waals surface area contributed by atoms with Gasteiger partial charge in [-0.25, -0.2) is 4.68 Å². The van der Waals surface area contributed by atoms with Crippen molar-refractivity contribution < 1.29 is 13.2 Å². The summed E-state index contributed by atoms with van der Waals surface area (Å²) in [5.41, 5.74) is 3.05. The molecule has 1 heterocycles. The van der Waals surface area contributed by atoms with Gasteiger partial charge in [-0.05, 0) is 31.2 Å². The van der Waals surface area contributed by atoms with E-state index in [0.717, 1.165) is 16.9 Å². The Kier molecular flexibility index (Phi) is 5.29. The normalized spacial score (nSPS) is 12.1. The van der Waals surface area contributed by atoms with Crippen LogP contribution in [0.3, 0.4) is 0 Å². The van der Waals surface area contributed by atoms with Gasteiger partial charge in [0.1, 0.15) is 12.1 Å². The van der Waals surface area contributed by atoms with Crippen LogP contribution in [0.1, 0.15) is 5.56 Å². The lowest BCUT2D eigenvalue weighted by Crippen LogP contribution is -2.26. The molecule has 0 saturated carbocycles. The van der Waals surface area contributed by atoms with Crippen LogP contribution in [0.25, 0.3) is 0 Å². The van der Waals surface area contributed by atoms with Crippen LogP contribution >= 0.6 is 11.3 Å². The smallest absolute Gasteiger partial charge is 0.285 e. The van der Waals surface area contributed by atoms with E-state index in [9.17, 15) is 13.2 Å². The number of hydrogen-bond donors (Lipinski definition) is 1. The van der Waals surface area contributed by atoms with Gasteiger partial charge in [0.2, 0.25) is 10.7 Å². The van der Waals surface area contributed by atoms with E-state index in [0.29, 0.717) is 5.69 Å². The van der Waals surface area contributed by atoms with E-state index in [2.05, 4.69) is 14.8 Å². The van der Waals surface area contributed by atoms with Gasteiger partial charge in [0.15, 0.2) is 0 Å². The van der Waals surface area contributed by atoms with Crippen LogP contribution in [-0.4, -0.2) is 24.1 Å². The number of sulfonamides is 1. The molecule has 0 radical (unpaired) electrons. The van der Waals surface area contributed by atoms with E-state index in [1.54, 1.807) is 36.4 Å². The van der Waals surface area contributed by atoms with Gasteiger partial charge in [-0.3, -0.25) is 4.79 Å². The first kappa shape index (κ1) is 18.0. The van der Waals surface area contributed by atoms with Crippen LogP contribution in [0.5, 0.6) is 0 Å². The second-order valence-electron chi connectivity index (χ2n) is 5.47. The standard InChI is InChI=1S/C17H16N4O3S2/c1-13-7-9-15(10-8-13)26(23,24)20-17-21(18-12-25-17)11-16(22)19-14-5-3-2-4-6-14/h2-10,12H,11H2,1H3,(H,19,22). The largest absolute Gasteiger partial charge is 0.324 e. The molecule has 0 saturated heterocycles. The molecule has 7 nitrogen and oxygen atoms in total. The summed E-state index contributed by atoms with van der Waals surface area (Å²) in [4.78, 5) is 12.4. The topological polar surface area (TPSA) is 93.4 Å². The van der Waals surface area contributed by atoms with Gasteiger partial charge in [0.25, 0.3) is 10.0 Å². The van der Waals surface area contributed by atoms with Gasteiger partial charge in [-0.1, -0.05) is 47.2 Å². The van der Waals surface area contributed by atoms with Gasteiger partial charge >= 0.3 is 0 Å². The summed E-state index contributed by atoms with van der Waals surface area (Å²) in [6, 6.07) is 15.4. The number of benzene rings is 2. The van der Waals surface area contributed by atoms with Crippen LogP contribution in [0.15, 0.2) is 69.4 Å². The van der Waals surface area contributed by atoms with Gasteiger partial charge in [0.05, 0.1) is 4.90 Å². The number of rotatable bonds is 5. The van der Waals surface area contributed by atoms with Crippen molar-refractivity contribution in [1.82, 2.24) is 9.78 Å². The predicted octanol–water partition coefficient (Wildman–Crippen LogP) is 2.18. The number of nitrogens with zero attached hydrogens (tertiary/aromatic N) is 3. The van der Waals surface area contributed by atoms with Crippen molar-refractivity contribution >= 4 is 33.0 Å².